The Balaban J connectivity index is 2.19. The van der Waals surface area contributed by atoms with Crippen LogP contribution in [0.1, 0.15) is 25.3 Å². The predicted octanol–water partition coefficient (Wildman–Crippen LogP) is 4.04. The van der Waals surface area contributed by atoms with Crippen molar-refractivity contribution in [3.8, 4) is 0 Å². The first kappa shape index (κ1) is 13.9. The highest BCUT2D eigenvalue weighted by atomic mass is 16.6. The van der Waals surface area contributed by atoms with E-state index in [1.807, 2.05) is 12.1 Å². The summed E-state index contributed by atoms with van der Waals surface area (Å²) >= 11 is 0. The molecule has 0 spiro atoms. The van der Waals surface area contributed by atoms with E-state index in [0.29, 0.717) is 17.3 Å². The number of nitro benzene ring substituents is 1. The van der Waals surface area contributed by atoms with Gasteiger partial charge in [-0.05, 0) is 29.7 Å². The van der Waals surface area contributed by atoms with Gasteiger partial charge in [0.05, 0.1) is 16.3 Å². The summed E-state index contributed by atoms with van der Waals surface area (Å²) in [4.78, 5) is 10.2. The molecule has 0 unspecified atom stereocenters. The minimum Gasteiger partial charge on any atom is -0.397 e. The number of rotatable bonds is 4. The Morgan fingerprint density at radius 3 is 2.30 bits per heavy atom. The minimum atomic E-state index is -0.461. The zero-order valence-corrected chi connectivity index (χ0v) is 11.5. The third kappa shape index (κ3) is 3.06. The molecule has 104 valence electrons. The average molecular weight is 271 g/mol. The van der Waals surface area contributed by atoms with Crippen LogP contribution in [0.15, 0.2) is 42.5 Å². The number of nitrogens with two attached hydrogens (primary N) is 1. The lowest BCUT2D eigenvalue weighted by Gasteiger charge is -2.11. The maximum absolute atomic E-state index is 10.7. The van der Waals surface area contributed by atoms with Gasteiger partial charge in [-0.25, -0.2) is 0 Å². The molecule has 2 aromatic carbocycles. The van der Waals surface area contributed by atoms with Gasteiger partial charge in [0, 0.05) is 17.8 Å². The highest BCUT2D eigenvalue weighted by molar-refractivity contribution is 5.74. The molecule has 0 atom stereocenters. The van der Waals surface area contributed by atoms with Crippen molar-refractivity contribution in [1.82, 2.24) is 0 Å². The van der Waals surface area contributed by atoms with Crippen molar-refractivity contribution in [1.29, 1.82) is 0 Å². The normalized spacial score (nSPS) is 10.6. The monoisotopic (exact) mass is 271 g/mol. The summed E-state index contributed by atoms with van der Waals surface area (Å²) in [5, 5.41) is 13.8. The summed E-state index contributed by atoms with van der Waals surface area (Å²) in [6.45, 7) is 4.27. The van der Waals surface area contributed by atoms with Crippen molar-refractivity contribution in [3.05, 3.63) is 58.1 Å². The van der Waals surface area contributed by atoms with Crippen LogP contribution in [0.4, 0.5) is 22.7 Å². The molecule has 5 heteroatoms. The minimum absolute atomic E-state index is 0.0109. The number of nitrogens with zero attached hydrogens (tertiary/aromatic N) is 1. The van der Waals surface area contributed by atoms with Crippen molar-refractivity contribution in [3.63, 3.8) is 0 Å². The molecule has 5 nitrogen and oxygen atoms in total. The Bertz CT molecular complexity index is 622. The molecule has 0 saturated carbocycles. The molecule has 0 amide bonds. The Morgan fingerprint density at radius 2 is 1.80 bits per heavy atom. The van der Waals surface area contributed by atoms with Crippen LogP contribution in [0.2, 0.25) is 0 Å². The quantitative estimate of drug-likeness (QED) is 0.499. The second kappa shape index (κ2) is 5.61. The highest BCUT2D eigenvalue weighted by Gasteiger charge is 2.08. The summed E-state index contributed by atoms with van der Waals surface area (Å²) in [5.41, 5.74) is 8.98. The van der Waals surface area contributed by atoms with Crippen LogP contribution in [0.3, 0.4) is 0 Å². The first-order chi connectivity index (χ1) is 9.47. The van der Waals surface area contributed by atoms with Crippen LogP contribution >= 0.6 is 0 Å². The number of hydrogen-bond donors (Lipinski definition) is 2. The summed E-state index contributed by atoms with van der Waals surface area (Å²) in [5.74, 6) is 0.480. The van der Waals surface area contributed by atoms with Gasteiger partial charge in [-0.1, -0.05) is 26.0 Å². The van der Waals surface area contributed by atoms with E-state index in [1.54, 1.807) is 6.07 Å². The summed E-state index contributed by atoms with van der Waals surface area (Å²) in [6.07, 6.45) is 0. The van der Waals surface area contributed by atoms with Gasteiger partial charge in [0.2, 0.25) is 0 Å². The van der Waals surface area contributed by atoms with Gasteiger partial charge >= 0.3 is 0 Å². The fourth-order valence-corrected chi connectivity index (χ4v) is 1.88. The van der Waals surface area contributed by atoms with Gasteiger partial charge < -0.3 is 11.1 Å². The summed E-state index contributed by atoms with van der Waals surface area (Å²) in [6, 6.07) is 12.4. The second-order valence-electron chi connectivity index (χ2n) is 4.93. The Kier molecular flexibility index (Phi) is 3.89. The van der Waals surface area contributed by atoms with E-state index in [1.165, 1.54) is 17.7 Å². The standard InChI is InChI=1S/C15H17N3O2/c1-10(2)11-3-5-12(6-4-11)17-15-8-7-13(18(19)20)9-14(15)16/h3-10,17H,16H2,1-2H3. The molecular weight excluding hydrogens is 254 g/mol. The van der Waals surface area contributed by atoms with Crippen molar-refractivity contribution in [2.45, 2.75) is 19.8 Å². The molecule has 2 aromatic rings. The first-order valence-corrected chi connectivity index (χ1v) is 6.38. The lowest BCUT2D eigenvalue weighted by Crippen LogP contribution is -1.98. The van der Waals surface area contributed by atoms with E-state index >= 15 is 0 Å². The molecule has 0 aliphatic rings. The zero-order valence-electron chi connectivity index (χ0n) is 11.5. The smallest absolute Gasteiger partial charge is 0.271 e. The van der Waals surface area contributed by atoms with Gasteiger partial charge in [-0.3, -0.25) is 10.1 Å². The SMILES string of the molecule is CC(C)c1ccc(Nc2ccc([N+](=O)[O-])cc2N)cc1. The van der Waals surface area contributed by atoms with E-state index in [0.717, 1.165) is 5.69 Å². The van der Waals surface area contributed by atoms with Gasteiger partial charge in [0.25, 0.3) is 5.69 Å². The molecule has 20 heavy (non-hydrogen) atoms. The first-order valence-electron chi connectivity index (χ1n) is 6.38. The largest absolute Gasteiger partial charge is 0.397 e. The molecule has 0 radical (unpaired) electrons. The lowest BCUT2D eigenvalue weighted by molar-refractivity contribution is -0.384. The number of hydrogen-bond acceptors (Lipinski definition) is 4. The third-order valence-corrected chi connectivity index (χ3v) is 3.10. The molecule has 0 saturated heterocycles. The average Bonchev–Trinajstić information content (AvgIpc) is 2.41. The Labute approximate surface area is 117 Å². The Morgan fingerprint density at radius 1 is 1.15 bits per heavy atom. The van der Waals surface area contributed by atoms with Crippen LogP contribution in [0.5, 0.6) is 0 Å². The van der Waals surface area contributed by atoms with Crippen molar-refractivity contribution in [2.75, 3.05) is 11.1 Å². The number of nitrogens with one attached hydrogen (secondary N) is 1. The Hall–Kier alpha value is -2.56. The molecule has 0 aliphatic carbocycles. The molecule has 0 fully saturated rings. The summed E-state index contributed by atoms with van der Waals surface area (Å²) < 4.78 is 0. The van der Waals surface area contributed by atoms with Crippen LogP contribution in [0, 0.1) is 10.1 Å². The lowest BCUT2D eigenvalue weighted by atomic mass is 10.0. The van der Waals surface area contributed by atoms with Crippen LogP contribution in [-0.4, -0.2) is 4.92 Å². The number of anilines is 3. The second-order valence-corrected chi connectivity index (χ2v) is 4.93. The van der Waals surface area contributed by atoms with E-state index in [2.05, 4.69) is 31.3 Å². The molecule has 3 N–H and O–H groups in total. The van der Waals surface area contributed by atoms with E-state index < -0.39 is 4.92 Å². The van der Waals surface area contributed by atoms with Crippen LogP contribution in [0.25, 0.3) is 0 Å². The number of non-ortho nitro benzene ring substituents is 1. The number of nitro groups is 1. The van der Waals surface area contributed by atoms with Gasteiger partial charge in [-0.2, -0.15) is 0 Å². The number of benzene rings is 2. The van der Waals surface area contributed by atoms with Crippen molar-refractivity contribution >= 4 is 22.7 Å². The molecule has 0 bridgehead atoms. The fourth-order valence-electron chi connectivity index (χ4n) is 1.88. The molecule has 0 heterocycles. The van der Waals surface area contributed by atoms with Gasteiger partial charge in [0.1, 0.15) is 0 Å². The van der Waals surface area contributed by atoms with Gasteiger partial charge in [-0.15, -0.1) is 0 Å². The highest BCUT2D eigenvalue weighted by Crippen LogP contribution is 2.27. The molecule has 0 aliphatic heterocycles. The topological polar surface area (TPSA) is 81.2 Å². The molecule has 2 rings (SSSR count). The van der Waals surface area contributed by atoms with E-state index in [9.17, 15) is 10.1 Å². The van der Waals surface area contributed by atoms with Crippen molar-refractivity contribution < 1.29 is 4.92 Å². The zero-order chi connectivity index (χ0) is 14.7. The predicted molar refractivity (Wildman–Crippen MR) is 81.3 cm³/mol. The van der Waals surface area contributed by atoms with E-state index in [4.69, 9.17) is 5.73 Å². The van der Waals surface area contributed by atoms with Crippen molar-refractivity contribution in [2.24, 2.45) is 0 Å². The van der Waals surface area contributed by atoms with Crippen LogP contribution in [-0.2, 0) is 0 Å². The maximum Gasteiger partial charge on any atom is 0.271 e. The van der Waals surface area contributed by atoms with E-state index in [-0.39, 0.29) is 5.69 Å². The summed E-state index contributed by atoms with van der Waals surface area (Å²) in [7, 11) is 0. The van der Waals surface area contributed by atoms with Crippen LogP contribution < -0.4 is 11.1 Å². The fraction of sp³-hybridized carbons (Fsp3) is 0.200. The van der Waals surface area contributed by atoms with Gasteiger partial charge in [0.15, 0.2) is 0 Å². The molecular formula is C15H17N3O2. The number of nitrogen functional groups attached to an aromatic ring is 1. The molecule has 0 aromatic heterocycles. The maximum atomic E-state index is 10.7. The third-order valence-electron chi connectivity index (χ3n) is 3.10.